The number of halogens is 1. The number of benzene rings is 3. The van der Waals surface area contributed by atoms with Crippen LogP contribution in [0.15, 0.2) is 78.9 Å². The SMILES string of the molecule is O=C(NC1CCCCC1)C1c2cc3ccccc3n2-c2ccc(Cl)cc2N1C(=O)c1ccccc1. The maximum absolute atomic E-state index is 14.0. The molecule has 2 aliphatic rings. The summed E-state index contributed by atoms with van der Waals surface area (Å²) in [6.07, 6.45) is 5.36. The average Bonchev–Trinajstić information content (AvgIpc) is 3.28. The van der Waals surface area contributed by atoms with Gasteiger partial charge in [-0.15, -0.1) is 0 Å². The topological polar surface area (TPSA) is 54.3 Å². The van der Waals surface area contributed by atoms with E-state index in [1.807, 2.05) is 60.7 Å². The molecule has 6 rings (SSSR count). The van der Waals surface area contributed by atoms with E-state index in [0.717, 1.165) is 48.0 Å². The normalized spacial score (nSPS) is 17.6. The minimum absolute atomic E-state index is 0.128. The Morgan fingerprint density at radius 2 is 1.57 bits per heavy atom. The standard InChI is InChI=1S/C29H26ClN3O2/c30-21-15-16-24-25(18-21)33(29(35)19-9-3-1-4-10-19)27(28(34)31-22-12-5-2-6-13-22)26-17-20-11-7-8-14-23(20)32(24)26/h1,3-4,7-11,14-18,22,27H,2,5-6,12-13H2,(H,31,34). The summed E-state index contributed by atoms with van der Waals surface area (Å²) in [5.41, 5.74) is 3.76. The van der Waals surface area contributed by atoms with E-state index in [0.29, 0.717) is 16.3 Å². The lowest BCUT2D eigenvalue weighted by molar-refractivity contribution is -0.123. The highest BCUT2D eigenvalue weighted by Gasteiger charge is 2.41. The van der Waals surface area contributed by atoms with Crippen molar-refractivity contribution >= 4 is 40.0 Å². The highest BCUT2D eigenvalue weighted by Crippen LogP contribution is 2.44. The van der Waals surface area contributed by atoms with Gasteiger partial charge in [0.05, 0.1) is 22.6 Å². The Labute approximate surface area is 209 Å². The Morgan fingerprint density at radius 3 is 2.37 bits per heavy atom. The van der Waals surface area contributed by atoms with Crippen LogP contribution in [0.4, 0.5) is 5.69 Å². The molecule has 6 heteroatoms. The molecule has 1 fully saturated rings. The van der Waals surface area contributed by atoms with E-state index in [4.69, 9.17) is 11.6 Å². The summed E-state index contributed by atoms with van der Waals surface area (Å²) in [7, 11) is 0. The van der Waals surface area contributed by atoms with Gasteiger partial charge in [0.1, 0.15) is 0 Å². The molecule has 0 spiro atoms. The number of aromatic nitrogens is 1. The van der Waals surface area contributed by atoms with E-state index in [2.05, 4.69) is 9.88 Å². The van der Waals surface area contributed by atoms with Gasteiger partial charge in [0, 0.05) is 22.0 Å². The van der Waals surface area contributed by atoms with Crippen molar-refractivity contribution in [1.29, 1.82) is 0 Å². The number of carbonyl (C=O) groups is 2. The molecular weight excluding hydrogens is 458 g/mol. The first kappa shape index (κ1) is 21.9. The van der Waals surface area contributed by atoms with Gasteiger partial charge in [-0.05, 0) is 55.3 Å². The van der Waals surface area contributed by atoms with Crippen molar-refractivity contribution in [2.24, 2.45) is 0 Å². The zero-order valence-electron chi connectivity index (χ0n) is 19.3. The first-order chi connectivity index (χ1) is 17.1. The van der Waals surface area contributed by atoms with Crippen LogP contribution in [-0.4, -0.2) is 22.4 Å². The minimum Gasteiger partial charge on any atom is -0.351 e. The van der Waals surface area contributed by atoms with Crippen molar-refractivity contribution in [2.45, 2.75) is 44.2 Å². The molecule has 1 atom stereocenters. The first-order valence-corrected chi connectivity index (χ1v) is 12.6. The number of para-hydroxylation sites is 1. The third kappa shape index (κ3) is 3.80. The molecule has 1 aliphatic heterocycles. The van der Waals surface area contributed by atoms with Crippen LogP contribution < -0.4 is 10.2 Å². The quantitative estimate of drug-likeness (QED) is 0.365. The largest absolute Gasteiger partial charge is 0.351 e. The molecule has 35 heavy (non-hydrogen) atoms. The van der Waals surface area contributed by atoms with Gasteiger partial charge >= 0.3 is 0 Å². The van der Waals surface area contributed by atoms with E-state index >= 15 is 0 Å². The van der Waals surface area contributed by atoms with Gasteiger partial charge in [-0.25, -0.2) is 0 Å². The number of amides is 2. The van der Waals surface area contributed by atoms with Crippen molar-refractivity contribution in [3.8, 4) is 5.69 Å². The Balaban J connectivity index is 1.56. The van der Waals surface area contributed by atoms with Gasteiger partial charge < -0.3 is 9.88 Å². The van der Waals surface area contributed by atoms with Crippen LogP contribution in [0.2, 0.25) is 5.02 Å². The van der Waals surface area contributed by atoms with Crippen molar-refractivity contribution in [2.75, 3.05) is 4.90 Å². The second-order valence-electron chi connectivity index (χ2n) is 9.38. The molecule has 0 bridgehead atoms. The van der Waals surface area contributed by atoms with Crippen molar-refractivity contribution in [1.82, 2.24) is 9.88 Å². The monoisotopic (exact) mass is 483 g/mol. The van der Waals surface area contributed by atoms with Gasteiger partial charge in [0.2, 0.25) is 5.91 Å². The second-order valence-corrected chi connectivity index (χ2v) is 9.82. The molecule has 2 heterocycles. The highest BCUT2D eigenvalue weighted by atomic mass is 35.5. The van der Waals surface area contributed by atoms with Gasteiger partial charge in [-0.3, -0.25) is 14.5 Å². The van der Waals surface area contributed by atoms with Crippen molar-refractivity contribution in [3.05, 3.63) is 95.1 Å². The summed E-state index contributed by atoms with van der Waals surface area (Å²) in [6, 6.07) is 24.1. The number of fused-ring (bicyclic) bond motifs is 5. The average molecular weight is 484 g/mol. The molecule has 1 aliphatic carbocycles. The smallest absolute Gasteiger partial charge is 0.259 e. The summed E-state index contributed by atoms with van der Waals surface area (Å²) in [4.78, 5) is 29.6. The lowest BCUT2D eigenvalue weighted by atomic mass is 9.94. The predicted molar refractivity (Wildman–Crippen MR) is 139 cm³/mol. The summed E-state index contributed by atoms with van der Waals surface area (Å²) in [5.74, 6) is -0.384. The van der Waals surface area contributed by atoms with Crippen LogP contribution >= 0.6 is 11.6 Å². The van der Waals surface area contributed by atoms with E-state index in [1.165, 1.54) is 6.42 Å². The fourth-order valence-corrected chi connectivity index (χ4v) is 5.69. The van der Waals surface area contributed by atoms with E-state index in [1.54, 1.807) is 23.1 Å². The van der Waals surface area contributed by atoms with E-state index in [9.17, 15) is 9.59 Å². The van der Waals surface area contributed by atoms with Gasteiger partial charge in [0.25, 0.3) is 5.91 Å². The third-order valence-electron chi connectivity index (χ3n) is 7.15. The van der Waals surface area contributed by atoms with Crippen molar-refractivity contribution in [3.63, 3.8) is 0 Å². The first-order valence-electron chi connectivity index (χ1n) is 12.2. The van der Waals surface area contributed by atoms with Crippen LogP contribution in [0.3, 0.4) is 0 Å². The molecule has 2 amide bonds. The predicted octanol–water partition coefficient (Wildman–Crippen LogP) is 6.43. The van der Waals surface area contributed by atoms with Crippen molar-refractivity contribution < 1.29 is 9.59 Å². The Hall–Kier alpha value is -3.57. The number of hydrogen-bond donors (Lipinski definition) is 1. The number of anilines is 1. The van der Waals surface area contributed by atoms with Gasteiger partial charge in [-0.2, -0.15) is 0 Å². The maximum atomic E-state index is 14.0. The Kier molecular flexibility index (Phi) is 5.57. The lowest BCUT2D eigenvalue weighted by Gasteiger charge is -2.38. The molecule has 3 aromatic carbocycles. The molecule has 1 aromatic heterocycles. The van der Waals surface area contributed by atoms with Gasteiger partial charge in [0.15, 0.2) is 6.04 Å². The minimum atomic E-state index is -0.817. The number of nitrogens with one attached hydrogen (secondary N) is 1. The van der Waals surface area contributed by atoms with E-state index < -0.39 is 6.04 Å². The molecule has 176 valence electrons. The Bertz CT molecular complexity index is 1420. The van der Waals surface area contributed by atoms with Crippen LogP contribution in [0.1, 0.15) is 54.2 Å². The summed E-state index contributed by atoms with van der Waals surface area (Å²) in [6.45, 7) is 0. The zero-order chi connectivity index (χ0) is 23.9. The van der Waals surface area contributed by atoms with Crippen LogP contribution in [-0.2, 0) is 4.79 Å². The molecule has 0 radical (unpaired) electrons. The molecule has 1 N–H and O–H groups in total. The number of carbonyl (C=O) groups excluding carboxylic acids is 2. The number of rotatable bonds is 3. The van der Waals surface area contributed by atoms with Crippen LogP contribution in [0.25, 0.3) is 16.6 Å². The third-order valence-corrected chi connectivity index (χ3v) is 7.39. The fourth-order valence-electron chi connectivity index (χ4n) is 5.52. The van der Waals surface area contributed by atoms with E-state index in [-0.39, 0.29) is 17.9 Å². The second kappa shape index (κ2) is 8.90. The molecular formula is C29H26ClN3O2. The zero-order valence-corrected chi connectivity index (χ0v) is 20.0. The molecule has 4 aromatic rings. The summed E-state index contributed by atoms with van der Waals surface area (Å²) < 4.78 is 2.10. The molecule has 1 unspecified atom stereocenters. The van der Waals surface area contributed by atoms with Crippen LogP contribution in [0, 0.1) is 0 Å². The lowest BCUT2D eigenvalue weighted by Crippen LogP contribution is -2.49. The summed E-state index contributed by atoms with van der Waals surface area (Å²) >= 11 is 6.45. The molecule has 1 saturated carbocycles. The molecule has 5 nitrogen and oxygen atoms in total. The highest BCUT2D eigenvalue weighted by molar-refractivity contribution is 6.31. The number of nitrogens with zero attached hydrogens (tertiary/aromatic N) is 2. The van der Waals surface area contributed by atoms with Gasteiger partial charge in [-0.1, -0.05) is 67.3 Å². The maximum Gasteiger partial charge on any atom is 0.259 e. The Morgan fingerprint density at radius 1 is 0.829 bits per heavy atom. The molecule has 0 saturated heterocycles. The van der Waals surface area contributed by atoms with Crippen LogP contribution in [0.5, 0.6) is 0 Å². The number of hydrogen-bond acceptors (Lipinski definition) is 2. The fraction of sp³-hybridized carbons (Fsp3) is 0.241. The summed E-state index contributed by atoms with van der Waals surface area (Å²) in [5, 5.41) is 4.81.